The third-order valence-electron chi connectivity index (χ3n) is 3.70. The monoisotopic (exact) mass is 298 g/mol. The summed E-state index contributed by atoms with van der Waals surface area (Å²) >= 11 is 0. The second kappa shape index (κ2) is 6.32. The highest BCUT2D eigenvalue weighted by atomic mass is 32.2. The van der Waals surface area contributed by atoms with Crippen molar-refractivity contribution in [3.05, 3.63) is 24.5 Å². The summed E-state index contributed by atoms with van der Waals surface area (Å²) in [6.07, 6.45) is 5.55. The average Bonchev–Trinajstić information content (AvgIpc) is 2.46. The molecule has 0 amide bonds. The molecule has 2 N–H and O–H groups in total. The fourth-order valence-electron chi connectivity index (χ4n) is 2.43. The minimum atomic E-state index is -3.52. The largest absolute Gasteiger partial charge is 0.481 e. The number of rotatable bonds is 5. The molecule has 1 fully saturated rings. The summed E-state index contributed by atoms with van der Waals surface area (Å²) in [5.74, 6) is -0.822. The Morgan fingerprint density at radius 1 is 1.35 bits per heavy atom. The van der Waals surface area contributed by atoms with Gasteiger partial charge < -0.3 is 5.11 Å². The van der Waals surface area contributed by atoms with Gasteiger partial charge in [0.25, 0.3) is 0 Å². The van der Waals surface area contributed by atoms with Crippen molar-refractivity contribution < 1.29 is 18.3 Å². The predicted molar refractivity (Wildman–Crippen MR) is 72.5 cm³/mol. The Balaban J connectivity index is 1.86. The van der Waals surface area contributed by atoms with Crippen LogP contribution in [0, 0.1) is 11.8 Å². The summed E-state index contributed by atoms with van der Waals surface area (Å²) in [7, 11) is -3.52. The smallest absolute Gasteiger partial charge is 0.306 e. The van der Waals surface area contributed by atoms with Gasteiger partial charge in [-0.3, -0.25) is 9.78 Å². The minimum absolute atomic E-state index is 0.152. The second-order valence-corrected chi connectivity index (χ2v) is 6.86. The molecule has 0 aromatic carbocycles. The van der Waals surface area contributed by atoms with Crippen molar-refractivity contribution in [2.75, 3.05) is 6.54 Å². The van der Waals surface area contributed by atoms with Gasteiger partial charge in [-0.15, -0.1) is 0 Å². The molecule has 0 spiro atoms. The van der Waals surface area contributed by atoms with Gasteiger partial charge in [-0.25, -0.2) is 13.1 Å². The van der Waals surface area contributed by atoms with E-state index in [4.69, 9.17) is 5.11 Å². The maximum Gasteiger partial charge on any atom is 0.306 e. The van der Waals surface area contributed by atoms with Gasteiger partial charge in [-0.1, -0.05) is 0 Å². The zero-order valence-electron chi connectivity index (χ0n) is 11.0. The standard InChI is InChI=1S/C13H18N2O4S/c16-13(17)11-5-3-10(4-6-11)8-15-20(18,19)12-2-1-7-14-9-12/h1-2,7,9-11,15H,3-6,8H2,(H,16,17). The van der Waals surface area contributed by atoms with E-state index in [0.717, 1.165) is 12.8 Å². The van der Waals surface area contributed by atoms with Crippen LogP contribution in [-0.4, -0.2) is 31.0 Å². The number of carboxylic acid groups (broad SMARTS) is 1. The summed E-state index contributed by atoms with van der Waals surface area (Å²) in [6.45, 7) is 0.351. The summed E-state index contributed by atoms with van der Waals surface area (Å²) < 4.78 is 26.6. The Kier molecular flexibility index (Phi) is 4.72. The van der Waals surface area contributed by atoms with E-state index in [1.165, 1.54) is 18.5 Å². The number of carboxylic acids is 1. The normalized spacial score (nSPS) is 23.4. The molecule has 1 saturated carbocycles. The van der Waals surface area contributed by atoms with Crippen LogP contribution in [0.3, 0.4) is 0 Å². The lowest BCUT2D eigenvalue weighted by Gasteiger charge is -2.26. The van der Waals surface area contributed by atoms with Crippen LogP contribution in [-0.2, 0) is 14.8 Å². The quantitative estimate of drug-likeness (QED) is 0.853. The highest BCUT2D eigenvalue weighted by molar-refractivity contribution is 7.89. The fourth-order valence-corrected chi connectivity index (χ4v) is 3.51. The number of nitrogens with one attached hydrogen (secondary N) is 1. The molecule has 1 aromatic heterocycles. The topological polar surface area (TPSA) is 96.4 Å². The molecule has 0 saturated heterocycles. The Morgan fingerprint density at radius 2 is 2.05 bits per heavy atom. The molecule has 1 aliphatic carbocycles. The average molecular weight is 298 g/mol. The third kappa shape index (κ3) is 3.77. The van der Waals surface area contributed by atoms with Crippen LogP contribution in [0.25, 0.3) is 0 Å². The van der Waals surface area contributed by atoms with Crippen molar-refractivity contribution in [1.29, 1.82) is 0 Å². The van der Waals surface area contributed by atoms with Crippen LogP contribution in [0.2, 0.25) is 0 Å². The number of hydrogen-bond acceptors (Lipinski definition) is 4. The van der Waals surface area contributed by atoms with Crippen molar-refractivity contribution in [3.63, 3.8) is 0 Å². The fraction of sp³-hybridized carbons (Fsp3) is 0.538. The van der Waals surface area contributed by atoms with Crippen molar-refractivity contribution in [2.24, 2.45) is 11.8 Å². The first-order chi connectivity index (χ1) is 9.49. The van der Waals surface area contributed by atoms with Crippen LogP contribution in [0.1, 0.15) is 25.7 Å². The lowest BCUT2D eigenvalue weighted by atomic mass is 9.82. The van der Waals surface area contributed by atoms with E-state index in [1.807, 2.05) is 0 Å². The summed E-state index contributed by atoms with van der Waals surface area (Å²) in [5, 5.41) is 8.91. The van der Waals surface area contributed by atoms with Crippen molar-refractivity contribution >= 4 is 16.0 Å². The summed E-state index contributed by atoms with van der Waals surface area (Å²) in [5.41, 5.74) is 0. The molecule has 6 nitrogen and oxygen atoms in total. The molecule has 7 heteroatoms. The van der Waals surface area contributed by atoms with Gasteiger partial charge in [0.05, 0.1) is 5.92 Å². The molecule has 1 aromatic rings. The van der Waals surface area contributed by atoms with Gasteiger partial charge in [-0.2, -0.15) is 0 Å². The van der Waals surface area contributed by atoms with Gasteiger partial charge >= 0.3 is 5.97 Å². The number of aromatic nitrogens is 1. The Labute approximate surface area is 118 Å². The van der Waals surface area contributed by atoms with E-state index in [2.05, 4.69) is 9.71 Å². The van der Waals surface area contributed by atoms with Gasteiger partial charge in [-0.05, 0) is 43.7 Å². The van der Waals surface area contributed by atoms with E-state index in [9.17, 15) is 13.2 Å². The number of aliphatic carboxylic acids is 1. The molecule has 1 heterocycles. The minimum Gasteiger partial charge on any atom is -0.481 e. The first-order valence-corrected chi connectivity index (χ1v) is 8.10. The van der Waals surface area contributed by atoms with E-state index in [-0.39, 0.29) is 16.7 Å². The molecular weight excluding hydrogens is 280 g/mol. The lowest BCUT2D eigenvalue weighted by molar-refractivity contribution is -0.143. The molecule has 0 atom stereocenters. The van der Waals surface area contributed by atoms with Gasteiger partial charge in [0.1, 0.15) is 4.90 Å². The molecule has 0 unspecified atom stereocenters. The Morgan fingerprint density at radius 3 is 2.60 bits per heavy atom. The molecule has 0 aliphatic heterocycles. The highest BCUT2D eigenvalue weighted by Crippen LogP contribution is 2.28. The Hall–Kier alpha value is -1.47. The molecule has 110 valence electrons. The van der Waals surface area contributed by atoms with Gasteiger partial charge in [0.15, 0.2) is 0 Å². The number of carbonyl (C=O) groups is 1. The summed E-state index contributed by atoms with van der Waals surface area (Å²) in [4.78, 5) is 14.8. The molecule has 0 radical (unpaired) electrons. The molecule has 2 rings (SSSR count). The number of nitrogens with zero attached hydrogens (tertiary/aromatic N) is 1. The van der Waals surface area contributed by atoms with Crippen molar-refractivity contribution in [3.8, 4) is 0 Å². The highest BCUT2D eigenvalue weighted by Gasteiger charge is 2.26. The van der Waals surface area contributed by atoms with Crippen molar-refractivity contribution in [1.82, 2.24) is 9.71 Å². The van der Waals surface area contributed by atoms with E-state index >= 15 is 0 Å². The second-order valence-electron chi connectivity index (χ2n) is 5.10. The van der Waals surface area contributed by atoms with Crippen LogP contribution in [0.5, 0.6) is 0 Å². The summed E-state index contributed by atoms with van der Waals surface area (Å²) in [6, 6.07) is 3.07. The molecule has 20 heavy (non-hydrogen) atoms. The van der Waals surface area contributed by atoms with Crippen LogP contribution >= 0.6 is 0 Å². The van der Waals surface area contributed by atoms with Gasteiger partial charge in [0.2, 0.25) is 10.0 Å². The number of pyridine rings is 1. The predicted octanol–water partition coefficient (Wildman–Crippen LogP) is 1.25. The van der Waals surface area contributed by atoms with Crippen LogP contribution in [0.4, 0.5) is 0 Å². The number of hydrogen-bond donors (Lipinski definition) is 2. The SMILES string of the molecule is O=C(O)C1CCC(CNS(=O)(=O)c2cccnc2)CC1. The van der Waals surface area contributed by atoms with Gasteiger partial charge in [0, 0.05) is 18.9 Å². The lowest BCUT2D eigenvalue weighted by Crippen LogP contribution is -2.32. The maximum absolute atomic E-state index is 12.0. The Bertz CT molecular complexity index is 551. The third-order valence-corrected chi connectivity index (χ3v) is 5.11. The zero-order chi connectivity index (χ0) is 14.6. The van der Waals surface area contributed by atoms with E-state index in [1.54, 1.807) is 6.07 Å². The molecule has 0 bridgehead atoms. The maximum atomic E-state index is 12.0. The zero-order valence-corrected chi connectivity index (χ0v) is 11.8. The van der Waals surface area contributed by atoms with E-state index < -0.39 is 16.0 Å². The number of sulfonamides is 1. The molecular formula is C13H18N2O4S. The van der Waals surface area contributed by atoms with Crippen LogP contribution < -0.4 is 4.72 Å². The molecule has 1 aliphatic rings. The van der Waals surface area contributed by atoms with E-state index in [0.29, 0.717) is 19.4 Å². The first kappa shape index (κ1) is 14.9. The first-order valence-electron chi connectivity index (χ1n) is 6.61. The van der Waals surface area contributed by atoms with Crippen molar-refractivity contribution in [2.45, 2.75) is 30.6 Å². The van der Waals surface area contributed by atoms with Crippen LogP contribution in [0.15, 0.2) is 29.4 Å².